The van der Waals surface area contributed by atoms with Crippen molar-refractivity contribution >= 4 is 23.6 Å². The third-order valence-electron chi connectivity index (χ3n) is 9.02. The zero-order valence-corrected chi connectivity index (χ0v) is 18.6. The Morgan fingerprint density at radius 2 is 1.73 bits per heavy atom. The summed E-state index contributed by atoms with van der Waals surface area (Å²) in [4.78, 5) is 27.9. The van der Waals surface area contributed by atoms with E-state index in [1.54, 1.807) is 11.8 Å². The summed E-state index contributed by atoms with van der Waals surface area (Å²) in [5.74, 6) is 3.53. The van der Waals surface area contributed by atoms with Crippen LogP contribution >= 0.6 is 11.8 Å². The zero-order valence-electron chi connectivity index (χ0n) is 17.8. The average Bonchev–Trinajstić information content (AvgIpc) is 3.27. The molecule has 1 aromatic carbocycles. The highest BCUT2D eigenvalue weighted by Crippen LogP contribution is 2.61. The zero-order chi connectivity index (χ0) is 20.5. The molecule has 2 amide bonds. The van der Waals surface area contributed by atoms with Crippen molar-refractivity contribution in [1.29, 1.82) is 0 Å². The molecule has 4 aliphatic carbocycles. The molecule has 6 fully saturated rings. The number of benzene rings is 1. The summed E-state index contributed by atoms with van der Waals surface area (Å²) in [6.07, 6.45) is 9.46. The fourth-order valence-corrected chi connectivity index (χ4v) is 9.66. The van der Waals surface area contributed by atoms with Crippen LogP contribution in [0.3, 0.4) is 0 Å². The highest BCUT2D eigenvalue weighted by atomic mass is 32.2. The maximum Gasteiger partial charge on any atom is 0.243 e. The number of carbonyl (C=O) groups is 2. The van der Waals surface area contributed by atoms with Gasteiger partial charge in [-0.25, -0.2) is 0 Å². The summed E-state index contributed by atoms with van der Waals surface area (Å²) in [5, 5.41) is 3.43. The molecule has 5 heteroatoms. The maximum atomic E-state index is 13.5. The quantitative estimate of drug-likeness (QED) is 0.784. The Morgan fingerprint density at radius 3 is 2.37 bits per heavy atom. The number of nitrogens with one attached hydrogen (secondary N) is 1. The summed E-state index contributed by atoms with van der Waals surface area (Å²) in [6.45, 7) is 2.24. The van der Waals surface area contributed by atoms with Crippen LogP contribution in [0.25, 0.3) is 0 Å². The van der Waals surface area contributed by atoms with Crippen molar-refractivity contribution in [3.63, 3.8) is 0 Å². The van der Waals surface area contributed by atoms with Crippen molar-refractivity contribution in [2.45, 2.75) is 75.2 Å². The molecular formula is C25H32N2O2S. The van der Waals surface area contributed by atoms with Crippen LogP contribution in [0.5, 0.6) is 0 Å². The van der Waals surface area contributed by atoms with E-state index in [4.69, 9.17) is 0 Å². The summed E-state index contributed by atoms with van der Waals surface area (Å²) in [6, 6.07) is 10.2. The number of rotatable bonds is 4. The predicted octanol–water partition coefficient (Wildman–Crippen LogP) is 4.30. The van der Waals surface area contributed by atoms with E-state index in [0.717, 1.165) is 29.7 Å². The molecular weight excluding hydrogens is 392 g/mol. The minimum Gasteiger partial charge on any atom is -0.351 e. The molecule has 2 heterocycles. The second-order valence-electron chi connectivity index (χ2n) is 10.8. The van der Waals surface area contributed by atoms with Gasteiger partial charge in [0.1, 0.15) is 10.9 Å². The van der Waals surface area contributed by atoms with E-state index < -0.39 is 0 Å². The molecule has 4 bridgehead atoms. The van der Waals surface area contributed by atoms with Gasteiger partial charge in [-0.15, -0.1) is 11.8 Å². The van der Waals surface area contributed by atoms with Gasteiger partial charge in [-0.2, -0.15) is 0 Å². The molecule has 3 atom stereocenters. The highest BCUT2D eigenvalue weighted by molar-refractivity contribution is 8.00. The van der Waals surface area contributed by atoms with Gasteiger partial charge < -0.3 is 10.2 Å². The van der Waals surface area contributed by atoms with E-state index in [-0.39, 0.29) is 28.8 Å². The molecule has 4 nitrogen and oxygen atoms in total. The second kappa shape index (κ2) is 6.75. The molecule has 0 unspecified atom stereocenters. The first-order valence-corrected chi connectivity index (χ1v) is 12.8. The predicted molar refractivity (Wildman–Crippen MR) is 119 cm³/mol. The molecule has 0 radical (unpaired) electrons. The Bertz CT molecular complexity index is 836. The molecule has 4 saturated carbocycles. The van der Waals surface area contributed by atoms with E-state index in [1.165, 1.54) is 38.5 Å². The lowest BCUT2D eigenvalue weighted by molar-refractivity contribution is -0.140. The van der Waals surface area contributed by atoms with Crippen LogP contribution in [0, 0.1) is 23.2 Å². The van der Waals surface area contributed by atoms with Crippen LogP contribution in [0.15, 0.2) is 30.3 Å². The van der Waals surface area contributed by atoms with Gasteiger partial charge in [-0.3, -0.25) is 9.59 Å². The van der Waals surface area contributed by atoms with Gasteiger partial charge in [0.2, 0.25) is 11.8 Å². The van der Waals surface area contributed by atoms with E-state index in [2.05, 4.69) is 24.4 Å². The molecule has 6 aliphatic rings. The standard InChI is InChI=1S/C25H32N2O2S/c1-16(24-12-17-9-18(13-24)11-19(10-17)14-24)26-23(29)21-15-30-25(8-7-22(28)27(21)25)20-5-3-2-4-6-20/h2-6,16-19,21H,7-15H2,1H3,(H,26,29)/t16-,17?,18?,19?,21+,24?,25+/m0/s1. The van der Waals surface area contributed by atoms with Crippen LogP contribution < -0.4 is 5.32 Å². The molecule has 0 spiro atoms. The van der Waals surface area contributed by atoms with E-state index in [9.17, 15) is 9.59 Å². The Kier molecular flexibility index (Phi) is 4.32. The molecule has 1 aromatic rings. The third-order valence-corrected chi connectivity index (χ3v) is 10.6. The van der Waals surface area contributed by atoms with Gasteiger partial charge >= 0.3 is 0 Å². The van der Waals surface area contributed by atoms with Gasteiger partial charge in [0.05, 0.1) is 0 Å². The van der Waals surface area contributed by atoms with Crippen molar-refractivity contribution in [2.24, 2.45) is 23.2 Å². The normalized spacial score (nSPS) is 42.4. The summed E-state index contributed by atoms with van der Waals surface area (Å²) < 4.78 is 0. The lowest BCUT2D eigenvalue weighted by Gasteiger charge is -2.59. The molecule has 0 aromatic heterocycles. The number of amides is 2. The van der Waals surface area contributed by atoms with Crippen molar-refractivity contribution in [3.05, 3.63) is 35.9 Å². The number of hydrogen-bond acceptors (Lipinski definition) is 3. The van der Waals surface area contributed by atoms with Crippen molar-refractivity contribution in [3.8, 4) is 0 Å². The molecule has 7 rings (SSSR count). The highest BCUT2D eigenvalue weighted by Gasteiger charge is 2.58. The Hall–Kier alpha value is -1.49. The molecule has 1 N–H and O–H groups in total. The number of fused-ring (bicyclic) bond motifs is 1. The Labute approximate surface area is 183 Å². The van der Waals surface area contributed by atoms with Gasteiger partial charge in [-0.05, 0) is 80.6 Å². The molecule has 160 valence electrons. The second-order valence-corrected chi connectivity index (χ2v) is 12.0. The van der Waals surface area contributed by atoms with Crippen LogP contribution in [0.2, 0.25) is 0 Å². The average molecular weight is 425 g/mol. The van der Waals surface area contributed by atoms with Gasteiger partial charge in [0.25, 0.3) is 0 Å². The monoisotopic (exact) mass is 424 g/mol. The molecule has 30 heavy (non-hydrogen) atoms. The van der Waals surface area contributed by atoms with Crippen LogP contribution in [0.1, 0.15) is 63.9 Å². The minimum absolute atomic E-state index is 0.0683. The fourth-order valence-electron chi connectivity index (χ4n) is 8.01. The number of nitrogens with zero attached hydrogens (tertiary/aromatic N) is 1. The Morgan fingerprint density at radius 1 is 1.10 bits per heavy atom. The van der Waals surface area contributed by atoms with Crippen LogP contribution in [0.4, 0.5) is 0 Å². The first-order valence-electron chi connectivity index (χ1n) is 11.8. The van der Waals surface area contributed by atoms with Crippen molar-refractivity contribution < 1.29 is 9.59 Å². The third kappa shape index (κ3) is 2.73. The van der Waals surface area contributed by atoms with Gasteiger partial charge in [0, 0.05) is 18.2 Å². The lowest BCUT2D eigenvalue weighted by atomic mass is 9.48. The Balaban J connectivity index is 1.22. The number of thioether (sulfide) groups is 1. The van der Waals surface area contributed by atoms with Gasteiger partial charge in [-0.1, -0.05) is 30.3 Å². The fraction of sp³-hybridized carbons (Fsp3) is 0.680. The summed E-state index contributed by atoms with van der Waals surface area (Å²) in [5.41, 5.74) is 1.45. The topological polar surface area (TPSA) is 49.4 Å². The largest absolute Gasteiger partial charge is 0.351 e. The van der Waals surface area contributed by atoms with Gasteiger partial charge in [0.15, 0.2) is 0 Å². The summed E-state index contributed by atoms with van der Waals surface area (Å²) >= 11 is 1.78. The van der Waals surface area contributed by atoms with Crippen LogP contribution in [-0.2, 0) is 14.5 Å². The first kappa shape index (κ1) is 19.2. The van der Waals surface area contributed by atoms with Crippen LogP contribution in [-0.4, -0.2) is 34.6 Å². The SMILES string of the molecule is C[C@H](NC(=O)[C@H]1CS[C@@]2(c3ccccc3)CCC(=O)N12)C12CC3CC(CC(C3)C1)C2. The van der Waals surface area contributed by atoms with E-state index in [1.807, 2.05) is 23.1 Å². The van der Waals surface area contributed by atoms with E-state index >= 15 is 0 Å². The number of hydrogen-bond donors (Lipinski definition) is 1. The maximum absolute atomic E-state index is 13.5. The smallest absolute Gasteiger partial charge is 0.243 e. The molecule has 2 aliphatic heterocycles. The molecule has 2 saturated heterocycles. The van der Waals surface area contributed by atoms with E-state index in [0.29, 0.717) is 17.6 Å². The van der Waals surface area contributed by atoms with Crippen molar-refractivity contribution in [2.75, 3.05) is 5.75 Å². The first-order chi connectivity index (χ1) is 14.5. The lowest BCUT2D eigenvalue weighted by Crippen LogP contribution is -2.58. The number of carbonyl (C=O) groups excluding carboxylic acids is 2. The summed E-state index contributed by atoms with van der Waals surface area (Å²) in [7, 11) is 0. The minimum atomic E-state index is -0.357. The van der Waals surface area contributed by atoms with Crippen molar-refractivity contribution in [1.82, 2.24) is 10.2 Å².